The summed E-state index contributed by atoms with van der Waals surface area (Å²) in [7, 11) is 0. The van der Waals surface area contributed by atoms with Crippen molar-refractivity contribution in [2.24, 2.45) is 0 Å². The van der Waals surface area contributed by atoms with E-state index in [9.17, 15) is 9.59 Å². The zero-order valence-electron chi connectivity index (χ0n) is 5.14. The number of esters is 1. The van der Waals surface area contributed by atoms with Gasteiger partial charge in [0.2, 0.25) is 12.6 Å². The molecule has 11 heavy (non-hydrogen) atoms. The number of amides is 1. The van der Waals surface area contributed by atoms with E-state index in [2.05, 4.69) is 10.1 Å². The summed E-state index contributed by atoms with van der Waals surface area (Å²) in [6, 6.07) is 0. The summed E-state index contributed by atoms with van der Waals surface area (Å²) in [5.74, 6) is -0.726. The van der Waals surface area contributed by atoms with Gasteiger partial charge in [-0.2, -0.15) is 0 Å². The van der Waals surface area contributed by atoms with Gasteiger partial charge in [0.05, 0.1) is 0 Å². The molecule has 0 aromatic heterocycles. The first-order chi connectivity index (χ1) is 5.16. The van der Waals surface area contributed by atoms with Crippen LogP contribution in [-0.4, -0.2) is 18.6 Å². The van der Waals surface area contributed by atoms with Gasteiger partial charge in [0.25, 0.3) is 0 Å². The molecule has 0 aromatic carbocycles. The Bertz CT molecular complexity index is 238. The van der Waals surface area contributed by atoms with E-state index in [4.69, 9.17) is 23.2 Å². The minimum absolute atomic E-state index is 0.00349. The number of halogens is 2. The fourth-order valence-corrected chi connectivity index (χ4v) is 0.920. The number of rotatable bonds is 2. The monoisotopic (exact) mass is 195 g/mol. The van der Waals surface area contributed by atoms with E-state index in [-0.39, 0.29) is 10.1 Å². The van der Waals surface area contributed by atoms with Gasteiger partial charge in [-0.25, -0.2) is 4.79 Å². The van der Waals surface area contributed by atoms with E-state index in [1.54, 1.807) is 0 Å². The lowest BCUT2D eigenvalue weighted by Crippen LogP contribution is -2.28. The summed E-state index contributed by atoms with van der Waals surface area (Å²) in [5, 5.41) is 1.97. The molecule has 1 rings (SSSR count). The van der Waals surface area contributed by atoms with Crippen molar-refractivity contribution in [1.82, 2.24) is 5.32 Å². The molecule has 4 nitrogen and oxygen atoms in total. The van der Waals surface area contributed by atoms with Crippen LogP contribution in [-0.2, 0) is 14.3 Å². The van der Waals surface area contributed by atoms with E-state index in [1.165, 1.54) is 0 Å². The summed E-state index contributed by atoms with van der Waals surface area (Å²) >= 11 is 10.8. The second-order valence-corrected chi connectivity index (χ2v) is 2.52. The molecule has 1 aliphatic rings. The van der Waals surface area contributed by atoms with E-state index >= 15 is 0 Å². The SMILES string of the molecule is O=CN[C@@H]1OC(=O)C(Cl)=C1Cl. The van der Waals surface area contributed by atoms with Crippen LogP contribution in [0.2, 0.25) is 0 Å². The van der Waals surface area contributed by atoms with Crippen molar-refractivity contribution in [2.75, 3.05) is 0 Å². The van der Waals surface area contributed by atoms with Crippen LogP contribution in [0.3, 0.4) is 0 Å². The summed E-state index contributed by atoms with van der Waals surface area (Å²) in [6.45, 7) is 0. The van der Waals surface area contributed by atoms with Crippen molar-refractivity contribution in [1.29, 1.82) is 0 Å². The highest BCUT2D eigenvalue weighted by Crippen LogP contribution is 2.26. The van der Waals surface area contributed by atoms with Crippen molar-refractivity contribution in [3.8, 4) is 0 Å². The van der Waals surface area contributed by atoms with Crippen LogP contribution in [0.15, 0.2) is 10.1 Å². The van der Waals surface area contributed by atoms with Crippen LogP contribution < -0.4 is 5.32 Å². The van der Waals surface area contributed by atoms with Gasteiger partial charge in [-0.05, 0) is 0 Å². The number of cyclic esters (lactones) is 1. The number of ether oxygens (including phenoxy) is 1. The van der Waals surface area contributed by atoms with E-state index in [1.807, 2.05) is 0 Å². The largest absolute Gasteiger partial charge is 0.432 e. The molecule has 0 aromatic rings. The molecule has 0 saturated heterocycles. The maximum Gasteiger partial charge on any atom is 0.353 e. The van der Waals surface area contributed by atoms with Crippen LogP contribution >= 0.6 is 23.2 Å². The average molecular weight is 196 g/mol. The van der Waals surface area contributed by atoms with Crippen LogP contribution in [0.25, 0.3) is 0 Å². The third-order valence-electron chi connectivity index (χ3n) is 1.06. The zero-order chi connectivity index (χ0) is 8.43. The van der Waals surface area contributed by atoms with Crippen molar-refractivity contribution in [2.45, 2.75) is 6.23 Å². The summed E-state index contributed by atoms with van der Waals surface area (Å²) in [6.07, 6.45) is -0.551. The molecular formula is C5H3Cl2NO3. The van der Waals surface area contributed by atoms with Crippen molar-refractivity contribution in [3.05, 3.63) is 10.1 Å². The highest BCUT2D eigenvalue weighted by atomic mass is 35.5. The Hall–Kier alpha value is -0.740. The second kappa shape index (κ2) is 3.11. The van der Waals surface area contributed by atoms with E-state index < -0.39 is 12.2 Å². The first kappa shape index (κ1) is 8.36. The molecule has 0 fully saturated rings. The lowest BCUT2D eigenvalue weighted by Gasteiger charge is -2.06. The number of carbonyl (C=O) groups is 2. The molecule has 0 unspecified atom stereocenters. The first-order valence-electron chi connectivity index (χ1n) is 2.62. The molecule has 1 amide bonds. The summed E-state index contributed by atoms with van der Waals surface area (Å²) in [4.78, 5) is 20.5. The van der Waals surface area contributed by atoms with E-state index in [0.717, 1.165) is 0 Å². The van der Waals surface area contributed by atoms with Crippen molar-refractivity contribution < 1.29 is 14.3 Å². The molecule has 60 valence electrons. The Morgan fingerprint density at radius 2 is 2.18 bits per heavy atom. The first-order valence-corrected chi connectivity index (χ1v) is 3.38. The standard InChI is InChI=1S/C5H3Cl2NO3/c6-2-3(7)5(10)11-4(2)8-1-9/h1,4H,(H,8,9)/t4-/m1/s1. The predicted octanol–water partition coefficient (Wildman–Crippen LogP) is 0.304. The van der Waals surface area contributed by atoms with Gasteiger partial charge in [0.15, 0.2) is 0 Å². The van der Waals surface area contributed by atoms with Crippen molar-refractivity contribution in [3.63, 3.8) is 0 Å². The Morgan fingerprint density at radius 1 is 1.55 bits per heavy atom. The Kier molecular flexibility index (Phi) is 2.36. The fraction of sp³-hybridized carbons (Fsp3) is 0.200. The molecule has 0 radical (unpaired) electrons. The highest BCUT2D eigenvalue weighted by Gasteiger charge is 2.31. The minimum Gasteiger partial charge on any atom is -0.432 e. The number of carbonyl (C=O) groups excluding carboxylic acids is 2. The molecule has 6 heteroatoms. The normalized spacial score (nSPS) is 23.5. The van der Waals surface area contributed by atoms with Gasteiger partial charge in [-0.1, -0.05) is 23.2 Å². The minimum atomic E-state index is -0.922. The molecule has 0 bridgehead atoms. The molecule has 1 aliphatic heterocycles. The van der Waals surface area contributed by atoms with Gasteiger partial charge < -0.3 is 10.1 Å². The molecule has 1 atom stereocenters. The molecule has 0 aliphatic carbocycles. The Labute approximate surface area is 72.1 Å². The quantitative estimate of drug-likeness (QED) is 0.510. The molecule has 1 N–H and O–H groups in total. The fourth-order valence-electron chi connectivity index (χ4n) is 0.592. The average Bonchev–Trinajstić information content (AvgIpc) is 2.19. The van der Waals surface area contributed by atoms with Gasteiger partial charge in [-0.3, -0.25) is 4.79 Å². The Balaban J connectivity index is 2.76. The van der Waals surface area contributed by atoms with Gasteiger partial charge >= 0.3 is 5.97 Å². The van der Waals surface area contributed by atoms with Crippen LogP contribution in [0.4, 0.5) is 0 Å². The molecular weight excluding hydrogens is 193 g/mol. The maximum absolute atomic E-state index is 10.6. The van der Waals surface area contributed by atoms with Crippen LogP contribution in [0, 0.1) is 0 Å². The number of nitrogens with one attached hydrogen (secondary N) is 1. The summed E-state index contributed by atoms with van der Waals surface area (Å²) in [5.41, 5.74) is 0. The maximum atomic E-state index is 10.6. The zero-order valence-corrected chi connectivity index (χ0v) is 6.65. The molecule has 0 spiro atoms. The summed E-state index contributed by atoms with van der Waals surface area (Å²) < 4.78 is 4.51. The smallest absolute Gasteiger partial charge is 0.353 e. The van der Waals surface area contributed by atoms with Gasteiger partial charge in [-0.15, -0.1) is 0 Å². The third kappa shape index (κ3) is 1.46. The molecule has 0 saturated carbocycles. The number of hydrogen-bond acceptors (Lipinski definition) is 3. The highest BCUT2D eigenvalue weighted by molar-refractivity contribution is 6.48. The van der Waals surface area contributed by atoms with Crippen molar-refractivity contribution >= 4 is 35.6 Å². The molecule has 1 heterocycles. The van der Waals surface area contributed by atoms with Gasteiger partial charge in [0, 0.05) is 0 Å². The number of hydrogen-bond donors (Lipinski definition) is 1. The lowest BCUT2D eigenvalue weighted by atomic mass is 10.5. The van der Waals surface area contributed by atoms with Crippen LogP contribution in [0.1, 0.15) is 0 Å². The predicted molar refractivity (Wildman–Crippen MR) is 37.8 cm³/mol. The van der Waals surface area contributed by atoms with Crippen LogP contribution in [0.5, 0.6) is 0 Å². The van der Waals surface area contributed by atoms with Gasteiger partial charge in [0.1, 0.15) is 10.1 Å². The topological polar surface area (TPSA) is 55.4 Å². The Morgan fingerprint density at radius 3 is 2.55 bits per heavy atom. The van der Waals surface area contributed by atoms with E-state index in [0.29, 0.717) is 6.41 Å². The third-order valence-corrected chi connectivity index (χ3v) is 1.91. The lowest BCUT2D eigenvalue weighted by molar-refractivity contribution is -0.140. The second-order valence-electron chi connectivity index (χ2n) is 1.73.